The molecule has 1 aromatic rings. The number of aryl methyl sites for hydroxylation is 2. The maximum Gasteiger partial charge on any atom is 0.247 e. The highest BCUT2D eigenvalue weighted by Gasteiger charge is 2.36. The molecule has 7 heteroatoms. The topological polar surface area (TPSA) is 78.1 Å². The highest BCUT2D eigenvalue weighted by molar-refractivity contribution is 7.89. The third-order valence-corrected chi connectivity index (χ3v) is 6.64. The number of aromatic amines is 1. The summed E-state index contributed by atoms with van der Waals surface area (Å²) in [6.45, 7) is 4.90. The second-order valence-corrected chi connectivity index (χ2v) is 8.04. The van der Waals surface area contributed by atoms with Crippen LogP contribution in [0.5, 0.6) is 0 Å². The van der Waals surface area contributed by atoms with E-state index in [4.69, 9.17) is 0 Å². The first-order chi connectivity index (χ1) is 10.00. The average molecular weight is 312 g/mol. The number of sulfonamides is 1. The van der Waals surface area contributed by atoms with Crippen LogP contribution in [0.15, 0.2) is 4.90 Å². The van der Waals surface area contributed by atoms with E-state index in [0.29, 0.717) is 28.9 Å². The molecular weight excluding hydrogens is 288 g/mol. The van der Waals surface area contributed by atoms with E-state index in [-0.39, 0.29) is 6.04 Å². The van der Waals surface area contributed by atoms with Crippen molar-refractivity contribution < 1.29 is 8.42 Å². The molecule has 0 bridgehead atoms. The molecule has 2 N–H and O–H groups in total. The lowest BCUT2D eigenvalue weighted by Crippen LogP contribution is -2.48. The van der Waals surface area contributed by atoms with E-state index in [9.17, 15) is 8.42 Å². The predicted molar refractivity (Wildman–Crippen MR) is 80.6 cm³/mol. The number of nitrogens with zero attached hydrogens (tertiary/aromatic N) is 2. The summed E-state index contributed by atoms with van der Waals surface area (Å²) in [5.74, 6) is 0. The van der Waals surface area contributed by atoms with Gasteiger partial charge in [0.15, 0.2) is 0 Å². The molecule has 6 nitrogen and oxygen atoms in total. The molecule has 2 heterocycles. The lowest BCUT2D eigenvalue weighted by Gasteiger charge is -2.35. The molecule has 118 valence electrons. The van der Waals surface area contributed by atoms with Crippen LogP contribution in [0.4, 0.5) is 0 Å². The molecule has 1 saturated heterocycles. The number of H-pyrrole nitrogens is 1. The average Bonchev–Trinajstić information content (AvgIpc) is 3.21. The normalized spacial score (nSPS) is 24.4. The number of piperidine rings is 1. The third kappa shape index (κ3) is 3.00. The molecule has 21 heavy (non-hydrogen) atoms. The Morgan fingerprint density at radius 1 is 1.29 bits per heavy atom. The van der Waals surface area contributed by atoms with Crippen molar-refractivity contribution in [1.29, 1.82) is 0 Å². The molecule has 1 atom stereocenters. The zero-order valence-electron chi connectivity index (χ0n) is 12.7. The fourth-order valence-electron chi connectivity index (χ4n) is 3.12. The maximum atomic E-state index is 13.0. The van der Waals surface area contributed by atoms with Gasteiger partial charge in [0.05, 0.1) is 11.4 Å². The number of hydrogen-bond acceptors (Lipinski definition) is 4. The van der Waals surface area contributed by atoms with Gasteiger partial charge in [0.1, 0.15) is 4.90 Å². The lowest BCUT2D eigenvalue weighted by molar-refractivity contribution is 0.245. The van der Waals surface area contributed by atoms with E-state index in [1.54, 1.807) is 18.2 Å². The van der Waals surface area contributed by atoms with Crippen molar-refractivity contribution in [1.82, 2.24) is 19.8 Å². The summed E-state index contributed by atoms with van der Waals surface area (Å²) in [7, 11) is -3.46. The Labute approximate surface area is 126 Å². The fourth-order valence-corrected chi connectivity index (χ4v) is 5.15. The van der Waals surface area contributed by atoms with Crippen LogP contribution in [0, 0.1) is 13.8 Å². The van der Waals surface area contributed by atoms with E-state index < -0.39 is 10.0 Å². The fraction of sp³-hybridized carbons (Fsp3) is 0.786. The minimum Gasteiger partial charge on any atom is -0.312 e. The first-order valence-corrected chi connectivity index (χ1v) is 9.21. The quantitative estimate of drug-likeness (QED) is 0.859. The number of rotatable bonds is 5. The molecule has 1 aromatic heterocycles. The van der Waals surface area contributed by atoms with Gasteiger partial charge in [0.2, 0.25) is 10.0 Å². The Hall–Kier alpha value is -0.920. The number of nitrogens with one attached hydrogen (secondary N) is 2. The van der Waals surface area contributed by atoms with Crippen molar-refractivity contribution >= 4 is 10.0 Å². The zero-order valence-corrected chi connectivity index (χ0v) is 13.5. The minimum atomic E-state index is -3.46. The summed E-state index contributed by atoms with van der Waals surface area (Å²) in [6, 6.07) is 0.673. The van der Waals surface area contributed by atoms with Crippen molar-refractivity contribution in [3.8, 4) is 0 Å². The summed E-state index contributed by atoms with van der Waals surface area (Å²) < 4.78 is 27.7. The van der Waals surface area contributed by atoms with Crippen LogP contribution in [0.25, 0.3) is 0 Å². The first kappa shape index (κ1) is 15.0. The summed E-state index contributed by atoms with van der Waals surface area (Å²) in [4.78, 5) is 0.362. The van der Waals surface area contributed by atoms with Crippen LogP contribution in [-0.4, -0.2) is 48.1 Å². The van der Waals surface area contributed by atoms with E-state index in [0.717, 1.165) is 25.8 Å². The van der Waals surface area contributed by atoms with Crippen molar-refractivity contribution in [3.63, 3.8) is 0 Å². The van der Waals surface area contributed by atoms with Crippen molar-refractivity contribution in [2.75, 3.05) is 13.1 Å². The largest absolute Gasteiger partial charge is 0.312 e. The Morgan fingerprint density at radius 3 is 2.67 bits per heavy atom. The van der Waals surface area contributed by atoms with Gasteiger partial charge in [0, 0.05) is 25.2 Å². The Balaban J connectivity index is 1.83. The van der Waals surface area contributed by atoms with Crippen LogP contribution >= 0.6 is 0 Å². The van der Waals surface area contributed by atoms with Gasteiger partial charge in [-0.1, -0.05) is 6.42 Å². The molecule has 3 rings (SSSR count). The highest BCUT2D eigenvalue weighted by atomic mass is 32.2. The van der Waals surface area contributed by atoms with Gasteiger partial charge in [-0.15, -0.1) is 0 Å². The SMILES string of the molecule is Cc1n[nH]c(C)c1S(=O)(=O)N1CCCCC1CNC1CC1. The van der Waals surface area contributed by atoms with Gasteiger partial charge in [-0.3, -0.25) is 5.10 Å². The summed E-state index contributed by atoms with van der Waals surface area (Å²) in [5, 5.41) is 10.3. The van der Waals surface area contributed by atoms with Crippen LogP contribution < -0.4 is 5.32 Å². The van der Waals surface area contributed by atoms with E-state index in [2.05, 4.69) is 15.5 Å². The second-order valence-electron chi connectivity index (χ2n) is 6.21. The van der Waals surface area contributed by atoms with Crippen LogP contribution in [0.3, 0.4) is 0 Å². The number of aromatic nitrogens is 2. The first-order valence-electron chi connectivity index (χ1n) is 7.77. The molecular formula is C14H24N4O2S. The molecule has 1 aliphatic heterocycles. The van der Waals surface area contributed by atoms with Crippen LogP contribution in [0.1, 0.15) is 43.5 Å². The lowest BCUT2D eigenvalue weighted by atomic mass is 10.1. The van der Waals surface area contributed by atoms with Gasteiger partial charge >= 0.3 is 0 Å². The highest BCUT2D eigenvalue weighted by Crippen LogP contribution is 2.28. The molecule has 2 aliphatic rings. The Bertz CT molecular complexity index is 587. The van der Waals surface area contributed by atoms with Crippen molar-refractivity contribution in [2.45, 2.75) is 62.9 Å². The zero-order chi connectivity index (χ0) is 15.0. The molecule has 0 spiro atoms. The maximum absolute atomic E-state index is 13.0. The molecule has 1 unspecified atom stereocenters. The second kappa shape index (κ2) is 5.70. The molecule has 0 radical (unpaired) electrons. The monoisotopic (exact) mass is 312 g/mol. The van der Waals surface area contributed by atoms with E-state index >= 15 is 0 Å². The van der Waals surface area contributed by atoms with Gasteiger partial charge in [-0.2, -0.15) is 9.40 Å². The van der Waals surface area contributed by atoms with Crippen LogP contribution in [-0.2, 0) is 10.0 Å². The third-order valence-electron chi connectivity index (χ3n) is 4.42. The number of hydrogen-bond donors (Lipinski definition) is 2. The molecule has 0 amide bonds. The Morgan fingerprint density at radius 2 is 2.05 bits per heavy atom. The standard InChI is InChI=1S/C14H24N4O2S/c1-10-14(11(2)17-16-10)21(19,20)18-8-4-3-5-13(18)9-15-12-6-7-12/h12-13,15H,3-9H2,1-2H3,(H,16,17). The van der Waals surface area contributed by atoms with Crippen molar-refractivity contribution in [2.24, 2.45) is 0 Å². The molecule has 2 fully saturated rings. The van der Waals surface area contributed by atoms with Gasteiger partial charge in [-0.25, -0.2) is 8.42 Å². The summed E-state index contributed by atoms with van der Waals surface area (Å²) in [5.41, 5.74) is 1.19. The molecule has 1 saturated carbocycles. The summed E-state index contributed by atoms with van der Waals surface area (Å²) in [6.07, 6.45) is 5.43. The Kier molecular flexibility index (Phi) is 4.07. The van der Waals surface area contributed by atoms with E-state index in [1.165, 1.54) is 12.8 Å². The van der Waals surface area contributed by atoms with Gasteiger partial charge < -0.3 is 5.32 Å². The minimum absolute atomic E-state index is 0.0676. The molecule has 1 aliphatic carbocycles. The predicted octanol–water partition coefficient (Wildman–Crippen LogP) is 1.32. The molecule has 0 aromatic carbocycles. The van der Waals surface area contributed by atoms with E-state index in [1.807, 2.05) is 0 Å². The van der Waals surface area contributed by atoms with Gasteiger partial charge in [0.25, 0.3) is 0 Å². The summed E-state index contributed by atoms with van der Waals surface area (Å²) >= 11 is 0. The van der Waals surface area contributed by atoms with Crippen molar-refractivity contribution in [3.05, 3.63) is 11.4 Å². The van der Waals surface area contributed by atoms with Gasteiger partial charge in [-0.05, 0) is 39.5 Å². The smallest absolute Gasteiger partial charge is 0.247 e. The van der Waals surface area contributed by atoms with Crippen LogP contribution in [0.2, 0.25) is 0 Å².